The summed E-state index contributed by atoms with van der Waals surface area (Å²) in [5.41, 5.74) is 6.96. The molecule has 1 amide bonds. The number of carbonyl (C=O) groups is 1. The molecule has 0 bridgehead atoms. The van der Waals surface area contributed by atoms with Crippen molar-refractivity contribution in [2.24, 2.45) is 0 Å². The number of aryl methyl sites for hydroxylation is 2. The Hall–Kier alpha value is -3.50. The molecule has 162 valence electrons. The van der Waals surface area contributed by atoms with Crippen LogP contribution in [0.25, 0.3) is 27.7 Å². The van der Waals surface area contributed by atoms with E-state index < -0.39 is 0 Å². The number of halogens is 1. The lowest BCUT2D eigenvalue weighted by Crippen LogP contribution is -2.09. The van der Waals surface area contributed by atoms with Gasteiger partial charge in [0.15, 0.2) is 0 Å². The Balaban J connectivity index is 1.74. The van der Waals surface area contributed by atoms with Crippen LogP contribution in [-0.4, -0.2) is 13.0 Å². The smallest absolute Gasteiger partial charge is 0.248 e. The summed E-state index contributed by atoms with van der Waals surface area (Å²) in [5.74, 6) is 0.448. The monoisotopic (exact) mass is 445 g/mol. The lowest BCUT2D eigenvalue weighted by molar-refractivity contribution is -0.111. The first-order valence-corrected chi connectivity index (χ1v) is 10.7. The van der Waals surface area contributed by atoms with Gasteiger partial charge in [0.05, 0.1) is 13.4 Å². The van der Waals surface area contributed by atoms with E-state index in [1.165, 1.54) is 0 Å². The first-order valence-electron chi connectivity index (χ1n) is 10.3. The summed E-state index contributed by atoms with van der Waals surface area (Å²) in [6, 6.07) is 17.5. The molecule has 1 heterocycles. The van der Waals surface area contributed by atoms with Gasteiger partial charge in [0, 0.05) is 38.9 Å². The average molecular weight is 446 g/mol. The van der Waals surface area contributed by atoms with Gasteiger partial charge >= 0.3 is 0 Å². The molecule has 0 saturated heterocycles. The Morgan fingerprint density at radius 2 is 1.84 bits per heavy atom. The zero-order valence-electron chi connectivity index (χ0n) is 18.5. The third-order valence-electron chi connectivity index (χ3n) is 5.54. The maximum absolute atomic E-state index is 12.7. The summed E-state index contributed by atoms with van der Waals surface area (Å²) in [5, 5.41) is 4.46. The quantitative estimate of drug-likeness (QED) is 0.325. The maximum atomic E-state index is 12.7. The van der Waals surface area contributed by atoms with Crippen LogP contribution in [0.2, 0.25) is 5.02 Å². The molecule has 0 fully saturated rings. The number of fused-ring (bicyclic) bond motifs is 1. The number of ether oxygens (including phenoxy) is 1. The Labute approximate surface area is 192 Å². The SMILES string of the molecule is COc1c(/C(C)=C/C(=O)Nc2ccc(C)c(Cl)c2)cc2c(-c3ccccc3)coc2c1C. The van der Waals surface area contributed by atoms with Crippen molar-refractivity contribution in [3.63, 3.8) is 0 Å². The van der Waals surface area contributed by atoms with E-state index in [4.69, 9.17) is 20.8 Å². The molecule has 3 aromatic carbocycles. The minimum Gasteiger partial charge on any atom is -0.496 e. The van der Waals surface area contributed by atoms with E-state index in [2.05, 4.69) is 5.32 Å². The number of amides is 1. The zero-order chi connectivity index (χ0) is 22.8. The molecule has 4 nitrogen and oxygen atoms in total. The van der Waals surface area contributed by atoms with Gasteiger partial charge in [-0.2, -0.15) is 0 Å². The van der Waals surface area contributed by atoms with Gasteiger partial charge in [-0.05, 0) is 55.7 Å². The second-order valence-electron chi connectivity index (χ2n) is 7.76. The van der Waals surface area contributed by atoms with E-state index >= 15 is 0 Å². The summed E-state index contributed by atoms with van der Waals surface area (Å²) < 4.78 is 11.6. The van der Waals surface area contributed by atoms with Crippen molar-refractivity contribution in [2.45, 2.75) is 20.8 Å². The van der Waals surface area contributed by atoms with Crippen LogP contribution in [0.15, 0.2) is 71.4 Å². The summed E-state index contributed by atoms with van der Waals surface area (Å²) in [6.45, 7) is 5.78. The highest BCUT2D eigenvalue weighted by atomic mass is 35.5. The number of methoxy groups -OCH3 is 1. The lowest BCUT2D eigenvalue weighted by atomic mass is 9.96. The molecule has 5 heteroatoms. The second-order valence-corrected chi connectivity index (χ2v) is 8.16. The number of allylic oxidation sites excluding steroid dienone is 1. The lowest BCUT2D eigenvalue weighted by Gasteiger charge is -2.13. The largest absolute Gasteiger partial charge is 0.496 e. The molecule has 1 aromatic heterocycles. The molecule has 4 aromatic rings. The van der Waals surface area contributed by atoms with Gasteiger partial charge in [0.25, 0.3) is 0 Å². The average Bonchev–Trinajstić information content (AvgIpc) is 3.21. The normalized spacial score (nSPS) is 11.6. The van der Waals surface area contributed by atoms with Crippen LogP contribution < -0.4 is 10.1 Å². The van der Waals surface area contributed by atoms with Crippen molar-refractivity contribution in [3.05, 3.63) is 88.6 Å². The van der Waals surface area contributed by atoms with E-state index in [1.54, 1.807) is 25.5 Å². The molecule has 1 N–H and O–H groups in total. The predicted octanol–water partition coefficient (Wildman–Crippen LogP) is 7.42. The van der Waals surface area contributed by atoms with E-state index in [0.717, 1.165) is 44.4 Å². The Morgan fingerprint density at radius 1 is 1.09 bits per heavy atom. The van der Waals surface area contributed by atoms with Crippen molar-refractivity contribution < 1.29 is 13.9 Å². The standard InChI is InChI=1S/C27H24ClNO3/c1-16-10-11-20(13-24(16)28)29-25(30)12-17(2)21-14-22-23(19-8-6-5-7-9-19)15-32-27(22)18(3)26(21)31-4/h5-15H,1-4H3,(H,29,30)/b17-12+. The predicted molar refractivity (Wildman–Crippen MR) is 131 cm³/mol. The summed E-state index contributed by atoms with van der Waals surface area (Å²) in [6.07, 6.45) is 3.34. The highest BCUT2D eigenvalue weighted by Gasteiger charge is 2.18. The van der Waals surface area contributed by atoms with Crippen LogP contribution in [0.1, 0.15) is 23.6 Å². The molecular weight excluding hydrogens is 422 g/mol. The van der Waals surface area contributed by atoms with E-state index in [1.807, 2.05) is 69.3 Å². The number of furan rings is 1. The first-order chi connectivity index (χ1) is 15.4. The Kier molecular flexibility index (Phi) is 6.06. The molecule has 0 saturated carbocycles. The second kappa shape index (κ2) is 8.93. The summed E-state index contributed by atoms with van der Waals surface area (Å²) >= 11 is 6.17. The number of nitrogens with one attached hydrogen (secondary N) is 1. The molecule has 32 heavy (non-hydrogen) atoms. The van der Waals surface area contributed by atoms with Gasteiger partial charge in [-0.1, -0.05) is 48.0 Å². The van der Waals surface area contributed by atoms with Crippen molar-refractivity contribution in [3.8, 4) is 16.9 Å². The fraction of sp³-hybridized carbons (Fsp3) is 0.148. The van der Waals surface area contributed by atoms with Gasteiger partial charge < -0.3 is 14.5 Å². The Morgan fingerprint density at radius 3 is 2.53 bits per heavy atom. The molecule has 0 atom stereocenters. The van der Waals surface area contributed by atoms with Crippen LogP contribution in [0.4, 0.5) is 5.69 Å². The highest BCUT2D eigenvalue weighted by molar-refractivity contribution is 6.31. The number of carbonyl (C=O) groups excluding carboxylic acids is 1. The molecule has 0 unspecified atom stereocenters. The van der Waals surface area contributed by atoms with E-state index in [0.29, 0.717) is 16.5 Å². The molecule has 0 spiro atoms. The van der Waals surface area contributed by atoms with E-state index in [-0.39, 0.29) is 5.91 Å². The van der Waals surface area contributed by atoms with Crippen LogP contribution in [0, 0.1) is 13.8 Å². The van der Waals surface area contributed by atoms with Crippen molar-refractivity contribution in [1.82, 2.24) is 0 Å². The molecule has 0 aliphatic carbocycles. The van der Waals surface area contributed by atoms with E-state index in [9.17, 15) is 4.79 Å². The van der Waals surface area contributed by atoms with Gasteiger partial charge in [0.1, 0.15) is 11.3 Å². The minimum atomic E-state index is -0.238. The van der Waals surface area contributed by atoms with Gasteiger partial charge in [-0.3, -0.25) is 4.79 Å². The number of anilines is 1. The molecular formula is C27H24ClNO3. The summed E-state index contributed by atoms with van der Waals surface area (Å²) in [4.78, 5) is 12.7. The summed E-state index contributed by atoms with van der Waals surface area (Å²) in [7, 11) is 1.63. The molecule has 4 rings (SSSR count). The van der Waals surface area contributed by atoms with Crippen LogP contribution in [0.5, 0.6) is 5.75 Å². The fourth-order valence-electron chi connectivity index (χ4n) is 3.84. The highest BCUT2D eigenvalue weighted by Crippen LogP contribution is 2.40. The first kappa shape index (κ1) is 21.7. The third-order valence-corrected chi connectivity index (χ3v) is 5.95. The molecule has 0 aliphatic rings. The van der Waals surface area contributed by atoms with Crippen molar-refractivity contribution in [2.75, 3.05) is 12.4 Å². The number of hydrogen-bond donors (Lipinski definition) is 1. The van der Waals surface area contributed by atoms with Gasteiger partial charge in [-0.25, -0.2) is 0 Å². The van der Waals surface area contributed by atoms with Gasteiger partial charge in [-0.15, -0.1) is 0 Å². The minimum absolute atomic E-state index is 0.238. The van der Waals surface area contributed by atoms with Crippen LogP contribution in [0.3, 0.4) is 0 Å². The fourth-order valence-corrected chi connectivity index (χ4v) is 4.02. The van der Waals surface area contributed by atoms with Crippen molar-refractivity contribution in [1.29, 1.82) is 0 Å². The third kappa shape index (κ3) is 4.14. The van der Waals surface area contributed by atoms with Crippen molar-refractivity contribution >= 4 is 39.7 Å². The van der Waals surface area contributed by atoms with Crippen LogP contribution >= 0.6 is 11.6 Å². The number of benzene rings is 3. The zero-order valence-corrected chi connectivity index (χ0v) is 19.2. The Bertz CT molecular complexity index is 1340. The number of hydrogen-bond acceptors (Lipinski definition) is 3. The maximum Gasteiger partial charge on any atom is 0.248 e. The van der Waals surface area contributed by atoms with Gasteiger partial charge in [0.2, 0.25) is 5.91 Å². The molecule has 0 radical (unpaired) electrons. The topological polar surface area (TPSA) is 51.5 Å². The number of rotatable bonds is 5. The van der Waals surface area contributed by atoms with Crippen LogP contribution in [-0.2, 0) is 4.79 Å². The molecule has 0 aliphatic heterocycles.